The maximum Gasteiger partial charge on any atom is 0.416 e. The highest BCUT2D eigenvalue weighted by Crippen LogP contribution is 2.34. The Morgan fingerprint density at radius 2 is 2.10 bits per heavy atom. The summed E-state index contributed by atoms with van der Waals surface area (Å²) in [5, 5.41) is 3.32. The first kappa shape index (κ1) is 21.8. The molecule has 0 saturated carbocycles. The lowest BCUT2D eigenvalue weighted by atomic mass is 10.0. The summed E-state index contributed by atoms with van der Waals surface area (Å²) < 4.78 is 45.1. The van der Waals surface area contributed by atoms with Gasteiger partial charge in [0, 0.05) is 43.9 Å². The summed E-state index contributed by atoms with van der Waals surface area (Å²) >= 11 is 0. The van der Waals surface area contributed by atoms with Gasteiger partial charge in [-0.1, -0.05) is 0 Å². The van der Waals surface area contributed by atoms with E-state index in [1.165, 1.54) is 0 Å². The number of alkyl halides is 3. The molecule has 4 rings (SSSR count). The first-order chi connectivity index (χ1) is 14.7. The third-order valence-electron chi connectivity index (χ3n) is 5.95. The Bertz CT molecular complexity index is 943. The summed E-state index contributed by atoms with van der Waals surface area (Å²) in [5.41, 5.74) is 7.57. The molecular weight excluding hydrogens is 407 g/mol. The number of nitrogens with zero attached hydrogens (tertiary/aromatic N) is 3. The second-order valence-electron chi connectivity index (χ2n) is 8.51. The summed E-state index contributed by atoms with van der Waals surface area (Å²) in [6, 6.07) is 3.26. The average molecular weight is 435 g/mol. The van der Waals surface area contributed by atoms with E-state index in [1.807, 2.05) is 13.8 Å². The molecule has 1 saturated heterocycles. The fourth-order valence-electron chi connectivity index (χ4n) is 4.34. The van der Waals surface area contributed by atoms with Gasteiger partial charge in [0.25, 0.3) is 0 Å². The van der Waals surface area contributed by atoms with Gasteiger partial charge < -0.3 is 15.8 Å². The van der Waals surface area contributed by atoms with E-state index in [0.717, 1.165) is 62.5 Å². The predicted molar refractivity (Wildman–Crippen MR) is 113 cm³/mol. The first-order valence-corrected chi connectivity index (χ1v) is 10.6. The van der Waals surface area contributed by atoms with Crippen molar-refractivity contribution < 1.29 is 17.9 Å². The lowest BCUT2D eigenvalue weighted by Crippen LogP contribution is -2.36. The third kappa shape index (κ3) is 5.10. The van der Waals surface area contributed by atoms with Gasteiger partial charge in [0.2, 0.25) is 0 Å². The molecule has 0 radical (unpaired) electrons. The number of nitrogens with two attached hydrogens (primary N) is 1. The molecule has 1 aromatic heterocycles. The quantitative estimate of drug-likeness (QED) is 0.693. The molecule has 0 spiro atoms. The Morgan fingerprint density at radius 3 is 2.81 bits per heavy atom. The van der Waals surface area contributed by atoms with Crippen molar-refractivity contribution in [1.29, 1.82) is 0 Å². The molecule has 31 heavy (non-hydrogen) atoms. The van der Waals surface area contributed by atoms with Crippen molar-refractivity contribution >= 4 is 11.5 Å². The van der Waals surface area contributed by atoms with Crippen molar-refractivity contribution in [3.63, 3.8) is 0 Å². The van der Waals surface area contributed by atoms with E-state index < -0.39 is 17.8 Å². The molecule has 9 heteroatoms. The van der Waals surface area contributed by atoms with Crippen LogP contribution in [0.5, 0.6) is 0 Å². The van der Waals surface area contributed by atoms with E-state index in [1.54, 1.807) is 6.07 Å². The van der Waals surface area contributed by atoms with Crippen LogP contribution in [0.4, 0.5) is 24.7 Å². The van der Waals surface area contributed by atoms with Crippen LogP contribution in [0, 0.1) is 12.8 Å². The molecule has 0 aliphatic carbocycles. The molecule has 2 aliphatic rings. The fourth-order valence-corrected chi connectivity index (χ4v) is 4.34. The SMILES string of the molecule is Cc1nc2c(c(N[C@H](C)c3cc(N)cc(C(F)(F)F)c3)n1)CN(CC1CCOC1)CC2. The summed E-state index contributed by atoms with van der Waals surface area (Å²) in [7, 11) is 0. The smallest absolute Gasteiger partial charge is 0.399 e. The third-order valence-corrected chi connectivity index (χ3v) is 5.95. The standard InChI is InChI=1S/C22H28F3N5O/c1-13(16-7-17(22(23,24)25)9-18(26)8-16)27-21-19-11-30(10-15-4-6-31-12-15)5-3-20(19)28-14(2)29-21/h7-9,13,15H,3-6,10-12,26H2,1-2H3,(H,27,28,29)/t13-,15?/m1/s1. The number of ether oxygens (including phenoxy) is 1. The van der Waals surface area contributed by atoms with E-state index >= 15 is 0 Å². The number of aryl methyl sites for hydroxylation is 1. The molecular formula is C22H28F3N5O. The number of hydrogen-bond acceptors (Lipinski definition) is 6. The van der Waals surface area contributed by atoms with Crippen LogP contribution in [0.25, 0.3) is 0 Å². The van der Waals surface area contributed by atoms with E-state index in [2.05, 4.69) is 20.2 Å². The minimum Gasteiger partial charge on any atom is -0.399 e. The van der Waals surface area contributed by atoms with Crippen LogP contribution in [0.1, 0.15) is 47.6 Å². The van der Waals surface area contributed by atoms with Gasteiger partial charge in [-0.25, -0.2) is 9.97 Å². The summed E-state index contributed by atoms with van der Waals surface area (Å²) in [4.78, 5) is 11.6. The Morgan fingerprint density at radius 1 is 1.29 bits per heavy atom. The molecule has 2 atom stereocenters. The topological polar surface area (TPSA) is 76.3 Å². The van der Waals surface area contributed by atoms with E-state index in [-0.39, 0.29) is 5.69 Å². The minimum atomic E-state index is -4.45. The summed E-state index contributed by atoms with van der Waals surface area (Å²) in [5.74, 6) is 1.87. The molecule has 6 nitrogen and oxygen atoms in total. The lowest BCUT2D eigenvalue weighted by Gasteiger charge is -2.31. The monoisotopic (exact) mass is 435 g/mol. The second-order valence-corrected chi connectivity index (χ2v) is 8.51. The summed E-state index contributed by atoms with van der Waals surface area (Å²) in [6.07, 6.45) is -2.54. The molecule has 0 bridgehead atoms. The summed E-state index contributed by atoms with van der Waals surface area (Å²) in [6.45, 7) is 7.88. The Balaban J connectivity index is 1.56. The number of nitrogen functional groups attached to an aromatic ring is 1. The molecule has 2 aromatic rings. The predicted octanol–water partition coefficient (Wildman–Crippen LogP) is 3.95. The van der Waals surface area contributed by atoms with Crippen LogP contribution in [0.3, 0.4) is 0 Å². The van der Waals surface area contributed by atoms with Gasteiger partial charge in [-0.2, -0.15) is 13.2 Å². The van der Waals surface area contributed by atoms with E-state index in [0.29, 0.717) is 29.7 Å². The lowest BCUT2D eigenvalue weighted by molar-refractivity contribution is -0.137. The molecule has 3 heterocycles. The maximum atomic E-state index is 13.2. The number of hydrogen-bond donors (Lipinski definition) is 2. The average Bonchev–Trinajstić information content (AvgIpc) is 3.20. The highest BCUT2D eigenvalue weighted by atomic mass is 19.4. The van der Waals surface area contributed by atoms with E-state index in [9.17, 15) is 13.2 Å². The van der Waals surface area contributed by atoms with E-state index in [4.69, 9.17) is 10.5 Å². The van der Waals surface area contributed by atoms with Gasteiger partial charge in [0.15, 0.2) is 0 Å². The van der Waals surface area contributed by atoms with Gasteiger partial charge >= 0.3 is 6.18 Å². The highest BCUT2D eigenvalue weighted by molar-refractivity contribution is 5.52. The van der Waals surface area contributed by atoms with Gasteiger partial charge in [0.05, 0.1) is 23.9 Å². The number of anilines is 2. The molecule has 1 unspecified atom stereocenters. The number of fused-ring (bicyclic) bond motifs is 1. The molecule has 1 aromatic carbocycles. The highest BCUT2D eigenvalue weighted by Gasteiger charge is 2.32. The second kappa shape index (κ2) is 8.63. The van der Waals surface area contributed by atoms with Crippen molar-refractivity contribution in [1.82, 2.24) is 14.9 Å². The Hall–Kier alpha value is -2.39. The largest absolute Gasteiger partial charge is 0.416 e. The molecule has 3 N–H and O–H groups in total. The van der Waals surface area contributed by atoms with Crippen molar-refractivity contribution in [2.24, 2.45) is 5.92 Å². The first-order valence-electron chi connectivity index (χ1n) is 10.6. The van der Waals surface area contributed by atoms with Gasteiger partial charge in [-0.05, 0) is 49.9 Å². The zero-order chi connectivity index (χ0) is 22.2. The van der Waals surface area contributed by atoms with Crippen molar-refractivity contribution in [3.8, 4) is 0 Å². The molecule has 2 aliphatic heterocycles. The number of nitrogens with one attached hydrogen (secondary N) is 1. The van der Waals surface area contributed by atoms with Crippen molar-refractivity contribution in [2.75, 3.05) is 37.4 Å². The van der Waals surface area contributed by atoms with Crippen molar-refractivity contribution in [2.45, 2.75) is 45.5 Å². The number of halogens is 3. The van der Waals surface area contributed by atoms with Gasteiger partial charge in [0.1, 0.15) is 11.6 Å². The maximum absolute atomic E-state index is 13.2. The molecule has 168 valence electrons. The fraction of sp³-hybridized carbons (Fsp3) is 0.545. The Kier molecular flexibility index (Phi) is 6.07. The Labute approximate surface area is 180 Å². The molecule has 0 amide bonds. The zero-order valence-corrected chi connectivity index (χ0v) is 17.8. The van der Waals surface area contributed by atoms with Crippen LogP contribution in [-0.4, -0.2) is 41.2 Å². The van der Waals surface area contributed by atoms with Crippen LogP contribution in [0.2, 0.25) is 0 Å². The van der Waals surface area contributed by atoms with Crippen LogP contribution in [-0.2, 0) is 23.9 Å². The zero-order valence-electron chi connectivity index (χ0n) is 17.8. The molecule has 1 fully saturated rings. The number of benzene rings is 1. The van der Waals surface area contributed by atoms with Crippen molar-refractivity contribution in [3.05, 3.63) is 46.4 Å². The van der Waals surface area contributed by atoms with Crippen LogP contribution < -0.4 is 11.1 Å². The van der Waals surface area contributed by atoms with Gasteiger partial charge in [-0.15, -0.1) is 0 Å². The minimum absolute atomic E-state index is 0.0873. The normalized spacial score (nSPS) is 20.5. The number of rotatable bonds is 5. The number of aromatic nitrogens is 2. The van der Waals surface area contributed by atoms with Crippen LogP contribution >= 0.6 is 0 Å². The van der Waals surface area contributed by atoms with Crippen LogP contribution in [0.15, 0.2) is 18.2 Å². The van der Waals surface area contributed by atoms with Gasteiger partial charge in [-0.3, -0.25) is 4.90 Å².